The predicted molar refractivity (Wildman–Crippen MR) is 108 cm³/mol. The zero-order valence-electron chi connectivity index (χ0n) is 16.8. The number of carbonyl (C=O) groups excluding carboxylic acids is 1. The molecule has 0 radical (unpaired) electrons. The Morgan fingerprint density at radius 2 is 1.90 bits per heavy atom. The highest BCUT2D eigenvalue weighted by molar-refractivity contribution is 6.15. The summed E-state index contributed by atoms with van der Waals surface area (Å²) in [7, 11) is 3.17. The van der Waals surface area contributed by atoms with E-state index in [1.54, 1.807) is 20.3 Å². The number of rotatable bonds is 4. The largest absolute Gasteiger partial charge is 0.493 e. The van der Waals surface area contributed by atoms with Gasteiger partial charge in [-0.2, -0.15) is 0 Å². The molecule has 6 heteroatoms. The van der Waals surface area contributed by atoms with Crippen LogP contribution in [0.15, 0.2) is 30.0 Å². The number of hydrogen-bond acceptors (Lipinski definition) is 6. The Morgan fingerprint density at radius 3 is 2.62 bits per heavy atom. The molecule has 29 heavy (non-hydrogen) atoms. The quantitative estimate of drug-likeness (QED) is 0.734. The molecule has 1 saturated carbocycles. The van der Waals surface area contributed by atoms with Gasteiger partial charge >= 0.3 is 0 Å². The minimum atomic E-state index is -0.107. The maximum atomic E-state index is 13.0. The summed E-state index contributed by atoms with van der Waals surface area (Å²) < 4.78 is 22.6. The Kier molecular flexibility index (Phi) is 4.24. The lowest BCUT2D eigenvalue weighted by molar-refractivity contribution is 0.0872. The molecule has 150 valence electrons. The number of ether oxygens (including phenoxy) is 4. The van der Waals surface area contributed by atoms with Crippen LogP contribution in [0.25, 0.3) is 6.08 Å². The Labute approximate surface area is 169 Å². The van der Waals surface area contributed by atoms with Gasteiger partial charge in [0.15, 0.2) is 17.3 Å². The van der Waals surface area contributed by atoms with Gasteiger partial charge in [-0.3, -0.25) is 9.69 Å². The van der Waals surface area contributed by atoms with Crippen LogP contribution in [0.1, 0.15) is 39.9 Å². The summed E-state index contributed by atoms with van der Waals surface area (Å²) in [4.78, 5) is 15.4. The highest BCUT2D eigenvalue weighted by atomic mass is 16.5. The summed E-state index contributed by atoms with van der Waals surface area (Å²) in [6, 6.07) is 8.04. The van der Waals surface area contributed by atoms with Crippen LogP contribution in [0, 0.1) is 6.92 Å². The van der Waals surface area contributed by atoms with E-state index in [1.807, 2.05) is 31.2 Å². The lowest BCUT2D eigenvalue weighted by Gasteiger charge is -2.30. The molecule has 2 heterocycles. The number of nitrogens with zero attached hydrogens (tertiary/aromatic N) is 1. The molecule has 1 aliphatic carbocycles. The van der Waals surface area contributed by atoms with E-state index < -0.39 is 0 Å². The summed E-state index contributed by atoms with van der Waals surface area (Å²) >= 11 is 0. The number of ketones is 1. The van der Waals surface area contributed by atoms with Crippen molar-refractivity contribution in [3.05, 3.63) is 52.3 Å². The Hall–Kier alpha value is -2.99. The van der Waals surface area contributed by atoms with Gasteiger partial charge in [0.05, 0.1) is 19.8 Å². The molecule has 0 spiro atoms. The van der Waals surface area contributed by atoms with Crippen molar-refractivity contribution in [3.8, 4) is 23.0 Å². The molecule has 0 aromatic heterocycles. The van der Waals surface area contributed by atoms with Crippen LogP contribution in [0.2, 0.25) is 0 Å². The van der Waals surface area contributed by atoms with Crippen molar-refractivity contribution >= 4 is 11.9 Å². The van der Waals surface area contributed by atoms with Crippen LogP contribution in [0.5, 0.6) is 23.0 Å². The molecule has 0 unspecified atom stereocenters. The lowest BCUT2D eigenvalue weighted by Crippen LogP contribution is -2.34. The number of benzene rings is 2. The fourth-order valence-corrected chi connectivity index (χ4v) is 4.03. The van der Waals surface area contributed by atoms with Gasteiger partial charge in [0.2, 0.25) is 5.78 Å². The minimum absolute atomic E-state index is 0.107. The highest BCUT2D eigenvalue weighted by Gasteiger charge is 2.36. The van der Waals surface area contributed by atoms with Crippen LogP contribution >= 0.6 is 0 Å². The number of hydrogen-bond donors (Lipinski definition) is 0. The molecule has 0 saturated heterocycles. The average Bonchev–Trinajstić information content (AvgIpc) is 3.54. The Balaban J connectivity index is 1.48. The Morgan fingerprint density at radius 1 is 1.10 bits per heavy atom. The first-order chi connectivity index (χ1) is 14.1. The second-order valence-electron chi connectivity index (χ2n) is 7.67. The number of allylic oxidation sites excluding steroid dienone is 1. The molecule has 2 aromatic carbocycles. The summed E-state index contributed by atoms with van der Waals surface area (Å²) in [5.41, 5.74) is 3.35. The highest BCUT2D eigenvalue weighted by Crippen LogP contribution is 2.44. The third-order valence-corrected chi connectivity index (χ3v) is 5.73. The third kappa shape index (κ3) is 3.04. The number of methoxy groups -OCH3 is 2. The van der Waals surface area contributed by atoms with Crippen molar-refractivity contribution in [1.82, 2.24) is 4.90 Å². The topological polar surface area (TPSA) is 57.2 Å². The molecule has 0 amide bonds. The molecular weight excluding hydrogens is 370 g/mol. The third-order valence-electron chi connectivity index (χ3n) is 5.73. The molecular formula is C23H23NO5. The van der Waals surface area contributed by atoms with E-state index in [1.165, 1.54) is 12.8 Å². The summed E-state index contributed by atoms with van der Waals surface area (Å²) in [5, 5.41) is 0. The first kappa shape index (κ1) is 18.1. The second-order valence-corrected chi connectivity index (χ2v) is 7.67. The zero-order valence-corrected chi connectivity index (χ0v) is 16.8. The van der Waals surface area contributed by atoms with Gasteiger partial charge in [-0.15, -0.1) is 0 Å². The van der Waals surface area contributed by atoms with Gasteiger partial charge in [0.25, 0.3) is 0 Å². The van der Waals surface area contributed by atoms with E-state index in [2.05, 4.69) is 4.90 Å². The second kappa shape index (κ2) is 6.81. The van der Waals surface area contributed by atoms with Crippen molar-refractivity contribution in [2.24, 2.45) is 0 Å². The van der Waals surface area contributed by atoms with Crippen molar-refractivity contribution in [2.45, 2.75) is 32.4 Å². The van der Waals surface area contributed by atoms with Crippen molar-refractivity contribution in [3.63, 3.8) is 0 Å². The van der Waals surface area contributed by atoms with Crippen LogP contribution in [-0.2, 0) is 6.54 Å². The van der Waals surface area contributed by atoms with Crippen molar-refractivity contribution < 1.29 is 23.7 Å². The normalized spacial score (nSPS) is 19.4. The minimum Gasteiger partial charge on any atom is -0.493 e. The van der Waals surface area contributed by atoms with Gasteiger partial charge < -0.3 is 18.9 Å². The van der Waals surface area contributed by atoms with Crippen LogP contribution in [0.4, 0.5) is 0 Å². The molecule has 6 nitrogen and oxygen atoms in total. The monoisotopic (exact) mass is 393 g/mol. The number of carbonyl (C=O) groups is 1. The van der Waals surface area contributed by atoms with E-state index >= 15 is 0 Å². The molecule has 3 aliphatic rings. The fraction of sp³-hybridized carbons (Fsp3) is 0.348. The smallest absolute Gasteiger partial charge is 0.231 e. The fourth-order valence-electron chi connectivity index (χ4n) is 4.03. The van der Waals surface area contributed by atoms with E-state index in [0.29, 0.717) is 41.3 Å². The van der Waals surface area contributed by atoms with Gasteiger partial charge in [-0.1, -0.05) is 6.07 Å². The summed E-state index contributed by atoms with van der Waals surface area (Å²) in [5.74, 6) is 2.88. The molecule has 0 N–H and O–H groups in total. The van der Waals surface area contributed by atoms with Gasteiger partial charge in [-0.05, 0) is 49.6 Å². The molecule has 2 aliphatic heterocycles. The van der Waals surface area contributed by atoms with Gasteiger partial charge in [-0.25, -0.2) is 0 Å². The van der Waals surface area contributed by atoms with E-state index in [9.17, 15) is 4.79 Å². The zero-order chi connectivity index (χ0) is 20.1. The molecule has 0 bridgehead atoms. The first-order valence-electron chi connectivity index (χ1n) is 9.78. The van der Waals surface area contributed by atoms with Crippen LogP contribution in [0.3, 0.4) is 0 Å². The van der Waals surface area contributed by atoms with Crippen molar-refractivity contribution in [1.29, 1.82) is 0 Å². The summed E-state index contributed by atoms with van der Waals surface area (Å²) in [6.07, 6.45) is 4.19. The molecule has 1 fully saturated rings. The first-order valence-corrected chi connectivity index (χ1v) is 9.78. The number of Topliss-reactive ketones (excluding diaryl/α,β-unsaturated/α-hetero) is 1. The van der Waals surface area contributed by atoms with E-state index in [4.69, 9.17) is 18.9 Å². The SMILES string of the molecule is COc1ccc(/C=C2/Oc3c(cc4c(c3C)OCN(C3CC3)C4)C2=O)cc1OC. The van der Waals surface area contributed by atoms with Crippen LogP contribution < -0.4 is 18.9 Å². The van der Waals surface area contributed by atoms with E-state index in [0.717, 1.165) is 29.0 Å². The maximum Gasteiger partial charge on any atom is 0.231 e. The van der Waals surface area contributed by atoms with Crippen LogP contribution in [-0.4, -0.2) is 37.7 Å². The average molecular weight is 393 g/mol. The lowest BCUT2D eigenvalue weighted by atomic mass is 10.00. The van der Waals surface area contributed by atoms with E-state index in [-0.39, 0.29) is 5.78 Å². The maximum absolute atomic E-state index is 13.0. The van der Waals surface area contributed by atoms with Gasteiger partial charge in [0.1, 0.15) is 18.2 Å². The molecule has 0 atom stereocenters. The van der Waals surface area contributed by atoms with Crippen molar-refractivity contribution in [2.75, 3.05) is 21.0 Å². The molecule has 2 aromatic rings. The predicted octanol–water partition coefficient (Wildman–Crippen LogP) is 3.94. The standard InChI is InChI=1S/C23H23NO5/c1-13-22-15(11-24(12-28-22)16-5-6-16)10-17-21(25)20(29-23(13)17)9-14-4-7-18(26-2)19(8-14)27-3/h4,7-10,16H,5-6,11-12H2,1-3H3/b20-9+. The Bertz CT molecular complexity index is 1040. The summed E-state index contributed by atoms with van der Waals surface area (Å²) in [6.45, 7) is 3.37. The van der Waals surface area contributed by atoms with Gasteiger partial charge in [0, 0.05) is 23.7 Å². The molecule has 5 rings (SSSR count). The number of fused-ring (bicyclic) bond motifs is 2.